The molecule has 3 rings (SSSR count). The van der Waals surface area contributed by atoms with E-state index in [0.717, 1.165) is 64.1 Å². The van der Waals surface area contributed by atoms with Gasteiger partial charge in [-0.25, -0.2) is 0 Å². The molecule has 2 heterocycles. The molecule has 1 saturated carbocycles. The van der Waals surface area contributed by atoms with Crippen LogP contribution >= 0.6 is 24.0 Å². The molecule has 1 spiro atoms. The van der Waals surface area contributed by atoms with Gasteiger partial charge >= 0.3 is 0 Å². The van der Waals surface area contributed by atoms with Crippen molar-refractivity contribution in [2.75, 3.05) is 33.2 Å². The number of carbonyl (C=O) groups is 1. The Labute approximate surface area is 161 Å². The van der Waals surface area contributed by atoms with Crippen molar-refractivity contribution < 1.29 is 9.90 Å². The maximum absolute atomic E-state index is 11.6. The number of hydrogen-bond acceptors (Lipinski definition) is 3. The van der Waals surface area contributed by atoms with Crippen LogP contribution in [0.1, 0.15) is 51.4 Å². The number of halogens is 1. The summed E-state index contributed by atoms with van der Waals surface area (Å²) >= 11 is 0. The Morgan fingerprint density at radius 2 is 2.04 bits per heavy atom. The van der Waals surface area contributed by atoms with Gasteiger partial charge in [0.15, 0.2) is 5.96 Å². The van der Waals surface area contributed by atoms with Crippen LogP contribution in [0.2, 0.25) is 0 Å². The van der Waals surface area contributed by atoms with E-state index in [1.807, 2.05) is 0 Å². The minimum Gasteiger partial charge on any atom is -0.388 e. The van der Waals surface area contributed by atoms with Gasteiger partial charge in [-0.1, -0.05) is 19.3 Å². The molecule has 138 valence electrons. The molecule has 3 N–H and O–H groups in total. The van der Waals surface area contributed by atoms with Gasteiger partial charge in [0.25, 0.3) is 0 Å². The molecule has 0 aromatic heterocycles. The lowest BCUT2D eigenvalue weighted by Crippen LogP contribution is -2.54. The third kappa shape index (κ3) is 4.53. The first-order valence-corrected chi connectivity index (χ1v) is 8.99. The Kier molecular flexibility index (Phi) is 6.75. The number of aliphatic hydroxyl groups is 1. The lowest BCUT2D eigenvalue weighted by Gasteiger charge is -2.41. The molecule has 0 radical (unpaired) electrons. The number of aliphatic imine (C=N–C) groups is 1. The number of piperidine rings is 1. The lowest BCUT2D eigenvalue weighted by atomic mass is 9.79. The van der Waals surface area contributed by atoms with Crippen molar-refractivity contribution in [1.29, 1.82) is 0 Å². The summed E-state index contributed by atoms with van der Waals surface area (Å²) in [4.78, 5) is 18.3. The summed E-state index contributed by atoms with van der Waals surface area (Å²) < 4.78 is 0. The van der Waals surface area contributed by atoms with Crippen LogP contribution in [0.4, 0.5) is 0 Å². The Morgan fingerprint density at radius 3 is 2.67 bits per heavy atom. The highest BCUT2D eigenvalue weighted by atomic mass is 127. The molecule has 1 amide bonds. The molecular formula is C17H31IN4O2. The number of nitrogens with one attached hydrogen (secondary N) is 2. The highest BCUT2D eigenvalue weighted by Gasteiger charge is 2.42. The van der Waals surface area contributed by atoms with E-state index in [4.69, 9.17) is 0 Å². The fourth-order valence-electron chi connectivity index (χ4n) is 4.39. The summed E-state index contributed by atoms with van der Waals surface area (Å²) in [5, 5.41) is 17.0. The molecule has 6 nitrogen and oxygen atoms in total. The zero-order valence-corrected chi connectivity index (χ0v) is 17.0. The molecule has 1 atom stereocenters. The average Bonchev–Trinajstić information content (AvgIpc) is 2.89. The summed E-state index contributed by atoms with van der Waals surface area (Å²) in [5.41, 5.74) is -0.527. The van der Waals surface area contributed by atoms with E-state index in [0.29, 0.717) is 13.0 Å². The van der Waals surface area contributed by atoms with Gasteiger partial charge in [-0.2, -0.15) is 0 Å². The highest BCUT2D eigenvalue weighted by Crippen LogP contribution is 2.36. The fourth-order valence-corrected chi connectivity index (χ4v) is 4.39. The first-order chi connectivity index (χ1) is 11.0. The number of hydrogen-bond donors (Lipinski definition) is 3. The molecule has 1 aliphatic carbocycles. The van der Waals surface area contributed by atoms with Crippen molar-refractivity contribution in [2.45, 2.75) is 57.0 Å². The molecule has 24 heavy (non-hydrogen) atoms. The number of guanidine groups is 1. The number of likely N-dealkylation sites (tertiary alicyclic amines) is 1. The SMILES string of the molecule is CN=C(NCC1(O)CCCCC1)N1CCCC2(CNC(=O)C2)C1.I. The smallest absolute Gasteiger partial charge is 0.220 e. The topological polar surface area (TPSA) is 77.0 Å². The molecule has 0 bridgehead atoms. The second kappa shape index (κ2) is 8.21. The first-order valence-electron chi connectivity index (χ1n) is 8.99. The third-order valence-electron chi connectivity index (χ3n) is 5.73. The van der Waals surface area contributed by atoms with Crippen molar-refractivity contribution >= 4 is 35.8 Å². The van der Waals surface area contributed by atoms with Crippen molar-refractivity contribution in [3.8, 4) is 0 Å². The number of amides is 1. The summed E-state index contributed by atoms with van der Waals surface area (Å²) in [6.07, 6.45) is 8.01. The molecular weight excluding hydrogens is 419 g/mol. The normalized spacial score (nSPS) is 30.0. The predicted octanol–water partition coefficient (Wildman–Crippen LogP) is 1.48. The van der Waals surface area contributed by atoms with Crippen molar-refractivity contribution in [1.82, 2.24) is 15.5 Å². The highest BCUT2D eigenvalue weighted by molar-refractivity contribution is 14.0. The van der Waals surface area contributed by atoms with E-state index in [1.54, 1.807) is 7.05 Å². The summed E-state index contributed by atoms with van der Waals surface area (Å²) in [6.45, 7) is 3.18. The van der Waals surface area contributed by atoms with Gasteiger partial charge in [-0.3, -0.25) is 9.79 Å². The Hall–Kier alpha value is -0.570. The standard InChI is InChI=1S/C17H30N4O2.HI/c1-18-15(20-12-17(23)7-3-2-4-8-17)21-9-5-6-16(13-21)10-14(22)19-11-16;/h23H,2-13H2,1H3,(H,18,20)(H,19,22);1H. The van der Waals surface area contributed by atoms with Gasteiger partial charge in [0.1, 0.15) is 0 Å². The molecule has 3 aliphatic rings. The second-order valence-corrected chi connectivity index (χ2v) is 7.66. The second-order valence-electron chi connectivity index (χ2n) is 7.66. The molecule has 0 aromatic rings. The zero-order valence-electron chi connectivity index (χ0n) is 14.6. The van der Waals surface area contributed by atoms with Gasteiger partial charge in [-0.15, -0.1) is 24.0 Å². The molecule has 1 unspecified atom stereocenters. The van der Waals surface area contributed by atoms with Crippen LogP contribution in [0.5, 0.6) is 0 Å². The first kappa shape index (κ1) is 19.8. The molecule has 7 heteroatoms. The molecule has 3 fully saturated rings. The van der Waals surface area contributed by atoms with Gasteiger partial charge in [0, 0.05) is 45.1 Å². The quantitative estimate of drug-likeness (QED) is 0.339. The van der Waals surface area contributed by atoms with Gasteiger partial charge < -0.3 is 20.6 Å². The van der Waals surface area contributed by atoms with E-state index < -0.39 is 5.60 Å². The van der Waals surface area contributed by atoms with Crippen LogP contribution in [0.25, 0.3) is 0 Å². The van der Waals surface area contributed by atoms with Crippen molar-refractivity contribution in [3.05, 3.63) is 0 Å². The van der Waals surface area contributed by atoms with E-state index in [-0.39, 0.29) is 35.3 Å². The van der Waals surface area contributed by atoms with Crippen LogP contribution in [0, 0.1) is 5.41 Å². The van der Waals surface area contributed by atoms with Crippen molar-refractivity contribution in [3.63, 3.8) is 0 Å². The summed E-state index contributed by atoms with van der Waals surface area (Å²) in [5.74, 6) is 1.04. The summed E-state index contributed by atoms with van der Waals surface area (Å²) in [7, 11) is 1.80. The minimum atomic E-state index is -0.591. The Bertz CT molecular complexity index is 479. The van der Waals surface area contributed by atoms with Gasteiger partial charge in [0.05, 0.1) is 5.60 Å². The minimum absolute atomic E-state index is 0. The van der Waals surface area contributed by atoms with Crippen LogP contribution in [0.15, 0.2) is 4.99 Å². The molecule has 2 aliphatic heterocycles. The molecule has 2 saturated heterocycles. The number of carbonyl (C=O) groups excluding carboxylic acids is 1. The largest absolute Gasteiger partial charge is 0.388 e. The maximum Gasteiger partial charge on any atom is 0.220 e. The van der Waals surface area contributed by atoms with Crippen LogP contribution in [-0.2, 0) is 4.79 Å². The van der Waals surface area contributed by atoms with E-state index in [9.17, 15) is 9.90 Å². The van der Waals surface area contributed by atoms with Gasteiger partial charge in [0.2, 0.25) is 5.91 Å². The molecule has 0 aromatic carbocycles. The lowest BCUT2D eigenvalue weighted by molar-refractivity contribution is -0.119. The maximum atomic E-state index is 11.6. The van der Waals surface area contributed by atoms with E-state index in [1.165, 1.54) is 6.42 Å². The van der Waals surface area contributed by atoms with E-state index in [2.05, 4.69) is 20.5 Å². The van der Waals surface area contributed by atoms with Crippen molar-refractivity contribution in [2.24, 2.45) is 10.4 Å². The summed E-state index contributed by atoms with van der Waals surface area (Å²) in [6, 6.07) is 0. The fraction of sp³-hybridized carbons (Fsp3) is 0.882. The van der Waals surface area contributed by atoms with E-state index >= 15 is 0 Å². The van der Waals surface area contributed by atoms with Crippen LogP contribution in [-0.4, -0.2) is 60.7 Å². The predicted molar refractivity (Wildman–Crippen MR) is 106 cm³/mol. The average molecular weight is 450 g/mol. The van der Waals surface area contributed by atoms with Gasteiger partial charge in [-0.05, 0) is 25.7 Å². The monoisotopic (exact) mass is 450 g/mol. The zero-order chi connectivity index (χ0) is 16.3. The van der Waals surface area contributed by atoms with Crippen LogP contribution in [0.3, 0.4) is 0 Å². The number of rotatable bonds is 2. The Balaban J connectivity index is 0.00000208. The number of nitrogens with zero attached hydrogens (tertiary/aromatic N) is 2. The third-order valence-corrected chi connectivity index (χ3v) is 5.73. The Morgan fingerprint density at radius 1 is 1.29 bits per heavy atom. The van der Waals surface area contributed by atoms with Crippen LogP contribution < -0.4 is 10.6 Å².